The van der Waals surface area contributed by atoms with Gasteiger partial charge >= 0.3 is 0 Å². The van der Waals surface area contributed by atoms with Gasteiger partial charge in [0, 0.05) is 42.7 Å². The number of nitrogens with zero attached hydrogens (tertiary/aromatic N) is 3. The molecule has 1 fully saturated rings. The highest BCUT2D eigenvalue weighted by atomic mass is 16.5. The topological polar surface area (TPSA) is 39.9 Å². The molecule has 4 nitrogen and oxygen atoms in total. The molecule has 1 aliphatic rings. The molecule has 0 radical (unpaired) electrons. The molecule has 2 aromatic heterocycles. The van der Waals surface area contributed by atoms with Crippen molar-refractivity contribution in [3.8, 4) is 11.4 Å². The summed E-state index contributed by atoms with van der Waals surface area (Å²) in [4.78, 5) is 8.99. The van der Waals surface area contributed by atoms with E-state index in [1.807, 2.05) is 24.7 Å². The molecule has 4 heteroatoms. The van der Waals surface area contributed by atoms with Crippen molar-refractivity contribution in [1.29, 1.82) is 0 Å². The van der Waals surface area contributed by atoms with Gasteiger partial charge in [-0.2, -0.15) is 0 Å². The Kier molecular flexibility index (Phi) is 4.56. The van der Waals surface area contributed by atoms with Crippen LogP contribution in [-0.4, -0.2) is 27.2 Å². The van der Waals surface area contributed by atoms with E-state index in [0.29, 0.717) is 6.10 Å². The molecular weight excluding hydrogens is 298 g/mol. The van der Waals surface area contributed by atoms with Gasteiger partial charge in [-0.3, -0.25) is 4.98 Å². The van der Waals surface area contributed by atoms with Crippen molar-refractivity contribution >= 4 is 10.9 Å². The molecule has 2 heterocycles. The number of hydrogen-bond donors (Lipinski definition) is 0. The Morgan fingerprint density at radius 2 is 2.00 bits per heavy atom. The maximum absolute atomic E-state index is 5.96. The van der Waals surface area contributed by atoms with Crippen molar-refractivity contribution in [3.05, 3.63) is 48.9 Å². The Balaban J connectivity index is 1.43. The second kappa shape index (κ2) is 7.14. The average Bonchev–Trinajstić information content (AvgIpc) is 3.30. The molecule has 1 aromatic carbocycles. The molecule has 0 aliphatic heterocycles. The number of pyridine rings is 1. The molecule has 0 amide bonds. The lowest BCUT2D eigenvalue weighted by Crippen LogP contribution is -2.10. The average molecular weight is 321 g/mol. The predicted octanol–water partition coefficient (Wildman–Crippen LogP) is 4.45. The molecule has 0 bridgehead atoms. The molecule has 124 valence electrons. The van der Waals surface area contributed by atoms with E-state index < -0.39 is 0 Å². The van der Waals surface area contributed by atoms with Gasteiger partial charge in [0.25, 0.3) is 0 Å². The van der Waals surface area contributed by atoms with Crippen molar-refractivity contribution < 1.29 is 4.74 Å². The third-order valence-corrected chi connectivity index (χ3v) is 4.78. The van der Waals surface area contributed by atoms with E-state index >= 15 is 0 Å². The number of aromatic nitrogens is 3. The van der Waals surface area contributed by atoms with Crippen LogP contribution in [0.4, 0.5) is 0 Å². The zero-order valence-corrected chi connectivity index (χ0v) is 13.9. The summed E-state index contributed by atoms with van der Waals surface area (Å²) in [6, 6.07) is 10.4. The molecule has 0 N–H and O–H groups in total. The minimum Gasteiger partial charge on any atom is -0.378 e. The smallest absolute Gasteiger partial charge is 0.139 e. The maximum Gasteiger partial charge on any atom is 0.139 e. The van der Waals surface area contributed by atoms with Gasteiger partial charge in [-0.1, -0.05) is 31.0 Å². The van der Waals surface area contributed by atoms with Gasteiger partial charge in [0.05, 0.1) is 11.6 Å². The summed E-state index contributed by atoms with van der Waals surface area (Å²) >= 11 is 0. The van der Waals surface area contributed by atoms with E-state index in [4.69, 9.17) is 4.74 Å². The second-order valence-corrected chi connectivity index (χ2v) is 6.49. The summed E-state index contributed by atoms with van der Waals surface area (Å²) < 4.78 is 8.17. The summed E-state index contributed by atoms with van der Waals surface area (Å²) in [5.41, 5.74) is 2.12. The molecular formula is C20H23N3O. The Hall–Kier alpha value is -2.20. The Morgan fingerprint density at radius 3 is 2.92 bits per heavy atom. The van der Waals surface area contributed by atoms with Crippen LogP contribution < -0.4 is 0 Å². The molecule has 1 aliphatic carbocycles. The first-order valence-electron chi connectivity index (χ1n) is 8.88. The van der Waals surface area contributed by atoms with E-state index in [0.717, 1.165) is 41.9 Å². The first kappa shape index (κ1) is 15.3. The van der Waals surface area contributed by atoms with Crippen molar-refractivity contribution in [2.45, 2.75) is 44.8 Å². The van der Waals surface area contributed by atoms with Crippen molar-refractivity contribution in [1.82, 2.24) is 14.5 Å². The van der Waals surface area contributed by atoms with E-state index in [1.165, 1.54) is 25.7 Å². The van der Waals surface area contributed by atoms with Gasteiger partial charge in [0.1, 0.15) is 5.82 Å². The van der Waals surface area contributed by atoms with Crippen LogP contribution in [0.15, 0.2) is 48.9 Å². The lowest BCUT2D eigenvalue weighted by molar-refractivity contribution is 0.0549. The Labute approximate surface area is 142 Å². The van der Waals surface area contributed by atoms with Crippen LogP contribution in [-0.2, 0) is 11.3 Å². The molecule has 3 aromatic rings. The molecule has 0 spiro atoms. The highest BCUT2D eigenvalue weighted by Crippen LogP contribution is 2.23. The van der Waals surface area contributed by atoms with Crippen LogP contribution in [0, 0.1) is 0 Å². The standard InChI is InChI=1S/C20H23N3O/c1-2-7-18(6-1)24-14-4-12-23-13-11-22-20(23)17-9-8-16-5-3-10-21-19(16)15-17/h3,5,8-11,13,15,18H,1-2,4,6-7,12,14H2. The fourth-order valence-electron chi connectivity index (χ4n) is 3.50. The summed E-state index contributed by atoms with van der Waals surface area (Å²) in [7, 11) is 0. The number of benzene rings is 1. The maximum atomic E-state index is 5.96. The second-order valence-electron chi connectivity index (χ2n) is 6.49. The highest BCUT2D eigenvalue weighted by molar-refractivity contribution is 5.82. The molecule has 0 atom stereocenters. The first-order chi connectivity index (χ1) is 11.9. The van der Waals surface area contributed by atoms with Gasteiger partial charge in [-0.05, 0) is 31.4 Å². The van der Waals surface area contributed by atoms with Gasteiger partial charge in [0.15, 0.2) is 0 Å². The minimum absolute atomic E-state index is 0.499. The number of rotatable bonds is 6. The fraction of sp³-hybridized carbons (Fsp3) is 0.400. The van der Waals surface area contributed by atoms with E-state index in [1.54, 1.807) is 0 Å². The molecule has 1 saturated carbocycles. The Bertz CT molecular complexity index is 805. The molecule has 24 heavy (non-hydrogen) atoms. The predicted molar refractivity (Wildman–Crippen MR) is 95.8 cm³/mol. The summed E-state index contributed by atoms with van der Waals surface area (Å²) in [6.07, 6.45) is 12.4. The van der Waals surface area contributed by atoms with Crippen molar-refractivity contribution in [2.24, 2.45) is 0 Å². The fourth-order valence-corrected chi connectivity index (χ4v) is 3.50. The van der Waals surface area contributed by atoms with Crippen LogP contribution in [0.2, 0.25) is 0 Å². The van der Waals surface area contributed by atoms with Gasteiger partial charge in [-0.15, -0.1) is 0 Å². The largest absolute Gasteiger partial charge is 0.378 e. The lowest BCUT2D eigenvalue weighted by Gasteiger charge is -2.12. The van der Waals surface area contributed by atoms with Crippen LogP contribution >= 0.6 is 0 Å². The highest BCUT2D eigenvalue weighted by Gasteiger charge is 2.15. The monoisotopic (exact) mass is 321 g/mol. The van der Waals surface area contributed by atoms with Crippen LogP contribution in [0.3, 0.4) is 0 Å². The molecule has 4 rings (SSSR count). The van der Waals surface area contributed by atoms with E-state index in [9.17, 15) is 0 Å². The van der Waals surface area contributed by atoms with Gasteiger partial charge < -0.3 is 9.30 Å². The number of imidazole rings is 1. The third-order valence-electron chi connectivity index (χ3n) is 4.78. The summed E-state index contributed by atoms with van der Waals surface area (Å²) in [5, 5.41) is 1.16. The minimum atomic E-state index is 0.499. The van der Waals surface area contributed by atoms with E-state index in [-0.39, 0.29) is 0 Å². The van der Waals surface area contributed by atoms with Crippen LogP contribution in [0.5, 0.6) is 0 Å². The normalized spacial score (nSPS) is 15.3. The first-order valence-corrected chi connectivity index (χ1v) is 8.88. The van der Waals surface area contributed by atoms with Gasteiger partial charge in [0.2, 0.25) is 0 Å². The molecule has 0 unspecified atom stereocenters. The van der Waals surface area contributed by atoms with Crippen molar-refractivity contribution in [2.75, 3.05) is 6.61 Å². The number of aryl methyl sites for hydroxylation is 1. The van der Waals surface area contributed by atoms with Crippen molar-refractivity contribution in [3.63, 3.8) is 0 Å². The van der Waals surface area contributed by atoms with Crippen LogP contribution in [0.25, 0.3) is 22.3 Å². The zero-order valence-electron chi connectivity index (χ0n) is 13.9. The van der Waals surface area contributed by atoms with Gasteiger partial charge in [-0.25, -0.2) is 4.98 Å². The SMILES string of the molecule is c1cnc2cc(-c3nccn3CCCOC3CCCC3)ccc2c1. The Morgan fingerprint density at radius 1 is 1.08 bits per heavy atom. The number of ether oxygens (including phenoxy) is 1. The third kappa shape index (κ3) is 3.34. The zero-order chi connectivity index (χ0) is 16.2. The lowest BCUT2D eigenvalue weighted by atomic mass is 10.1. The summed E-state index contributed by atoms with van der Waals surface area (Å²) in [6.45, 7) is 1.77. The number of fused-ring (bicyclic) bond motifs is 1. The molecule has 0 saturated heterocycles. The number of hydrogen-bond acceptors (Lipinski definition) is 3. The quantitative estimate of drug-likeness (QED) is 0.630. The van der Waals surface area contributed by atoms with E-state index in [2.05, 4.69) is 38.8 Å². The van der Waals surface area contributed by atoms with Crippen LogP contribution in [0.1, 0.15) is 32.1 Å². The summed E-state index contributed by atoms with van der Waals surface area (Å²) in [5.74, 6) is 1.00.